The first kappa shape index (κ1) is 18.4. The maximum Gasteiger partial charge on any atom is 0.261 e. The van der Waals surface area contributed by atoms with Crippen molar-refractivity contribution in [1.82, 2.24) is 15.2 Å². The Hall–Kier alpha value is -2.40. The number of benzene rings is 1. The average molecular weight is 353 g/mol. The third kappa shape index (κ3) is 4.41. The van der Waals surface area contributed by atoms with Gasteiger partial charge >= 0.3 is 0 Å². The number of hydrogen-bond donors (Lipinski definition) is 1. The van der Waals surface area contributed by atoms with Gasteiger partial charge in [-0.15, -0.1) is 0 Å². The molecule has 1 aliphatic rings. The van der Waals surface area contributed by atoms with Crippen LogP contribution in [-0.2, 0) is 10.2 Å². The van der Waals surface area contributed by atoms with E-state index in [1.54, 1.807) is 6.20 Å². The second kappa shape index (κ2) is 7.87. The fraction of sp³-hybridized carbons (Fsp3) is 0.429. The van der Waals surface area contributed by atoms with Crippen molar-refractivity contribution in [2.45, 2.75) is 32.2 Å². The van der Waals surface area contributed by atoms with Gasteiger partial charge in [0.2, 0.25) is 0 Å². The number of aromatic nitrogens is 1. The zero-order valence-corrected chi connectivity index (χ0v) is 15.7. The van der Waals surface area contributed by atoms with E-state index < -0.39 is 0 Å². The summed E-state index contributed by atoms with van der Waals surface area (Å²) >= 11 is 0. The molecule has 2 heterocycles. The van der Waals surface area contributed by atoms with Crippen LogP contribution >= 0.6 is 0 Å². The van der Waals surface area contributed by atoms with Gasteiger partial charge in [-0.25, -0.2) is 0 Å². The summed E-state index contributed by atoms with van der Waals surface area (Å²) in [5, 5.41) is 3.35. The Morgan fingerprint density at radius 2 is 2.04 bits per heavy atom. The van der Waals surface area contributed by atoms with Crippen LogP contribution in [0.4, 0.5) is 0 Å². The molecule has 0 bridgehead atoms. The molecule has 3 rings (SSSR count). The minimum atomic E-state index is -0.00295. The SMILES string of the molecule is CC(C)(C)c1ccc(OCC(=O)N2CCNCC2c2cccnc2)cc1. The first-order chi connectivity index (χ1) is 12.4. The van der Waals surface area contributed by atoms with E-state index in [1.165, 1.54) is 5.56 Å². The summed E-state index contributed by atoms with van der Waals surface area (Å²) in [6.45, 7) is 8.77. The van der Waals surface area contributed by atoms with Gasteiger partial charge in [0.25, 0.3) is 5.91 Å². The molecule has 138 valence electrons. The molecule has 5 heteroatoms. The number of hydrogen-bond acceptors (Lipinski definition) is 4. The Morgan fingerprint density at radius 3 is 2.69 bits per heavy atom. The molecule has 1 N–H and O–H groups in total. The zero-order chi connectivity index (χ0) is 18.6. The quantitative estimate of drug-likeness (QED) is 0.918. The van der Waals surface area contributed by atoms with Gasteiger partial charge in [-0.2, -0.15) is 0 Å². The molecule has 5 nitrogen and oxygen atoms in total. The van der Waals surface area contributed by atoms with Crippen molar-refractivity contribution in [1.29, 1.82) is 0 Å². The summed E-state index contributed by atoms with van der Waals surface area (Å²) in [6, 6.07) is 11.9. The summed E-state index contributed by atoms with van der Waals surface area (Å²) in [5.74, 6) is 0.722. The molecule has 1 unspecified atom stereocenters. The summed E-state index contributed by atoms with van der Waals surface area (Å²) in [6.07, 6.45) is 3.57. The van der Waals surface area contributed by atoms with Crippen molar-refractivity contribution < 1.29 is 9.53 Å². The molecule has 1 aromatic carbocycles. The second-order valence-corrected chi connectivity index (χ2v) is 7.66. The number of nitrogens with one attached hydrogen (secondary N) is 1. The molecule has 1 atom stereocenters. The lowest BCUT2D eigenvalue weighted by molar-refractivity contribution is -0.136. The van der Waals surface area contributed by atoms with E-state index in [4.69, 9.17) is 4.74 Å². The Kier molecular flexibility index (Phi) is 5.57. The van der Waals surface area contributed by atoms with Gasteiger partial charge in [0, 0.05) is 32.0 Å². The van der Waals surface area contributed by atoms with E-state index in [0.29, 0.717) is 6.54 Å². The zero-order valence-electron chi connectivity index (χ0n) is 15.7. The summed E-state index contributed by atoms with van der Waals surface area (Å²) in [5.41, 5.74) is 2.39. The van der Waals surface area contributed by atoms with Crippen LogP contribution in [0.25, 0.3) is 0 Å². The standard InChI is InChI=1S/C21H27N3O2/c1-21(2,3)17-6-8-18(9-7-17)26-15-20(25)24-12-11-23-14-19(24)16-5-4-10-22-13-16/h4-10,13,19,23H,11-12,14-15H2,1-3H3. The predicted molar refractivity (Wildman–Crippen MR) is 102 cm³/mol. The third-order valence-corrected chi connectivity index (χ3v) is 4.72. The molecule has 1 aromatic heterocycles. The van der Waals surface area contributed by atoms with E-state index in [0.717, 1.165) is 24.4 Å². The first-order valence-corrected chi connectivity index (χ1v) is 9.08. The van der Waals surface area contributed by atoms with Crippen LogP contribution in [0.2, 0.25) is 0 Å². The molecule has 1 fully saturated rings. The largest absolute Gasteiger partial charge is 0.484 e. The fourth-order valence-electron chi connectivity index (χ4n) is 3.15. The molecular formula is C21H27N3O2. The highest BCUT2D eigenvalue weighted by atomic mass is 16.5. The second-order valence-electron chi connectivity index (χ2n) is 7.66. The molecule has 0 spiro atoms. The van der Waals surface area contributed by atoms with E-state index >= 15 is 0 Å². The number of carbonyl (C=O) groups is 1. The smallest absolute Gasteiger partial charge is 0.261 e. The Labute approximate surface area is 155 Å². The van der Waals surface area contributed by atoms with Crippen LogP contribution in [0, 0.1) is 0 Å². The van der Waals surface area contributed by atoms with Gasteiger partial charge in [0.05, 0.1) is 6.04 Å². The molecule has 0 radical (unpaired) electrons. The highest BCUT2D eigenvalue weighted by Gasteiger charge is 2.28. The van der Waals surface area contributed by atoms with Crippen LogP contribution in [0.1, 0.15) is 37.9 Å². The number of nitrogens with zero attached hydrogens (tertiary/aromatic N) is 2. The van der Waals surface area contributed by atoms with E-state index in [1.807, 2.05) is 35.4 Å². The van der Waals surface area contributed by atoms with Crippen molar-refractivity contribution in [3.63, 3.8) is 0 Å². The van der Waals surface area contributed by atoms with Crippen LogP contribution in [-0.4, -0.2) is 42.0 Å². The monoisotopic (exact) mass is 353 g/mol. The van der Waals surface area contributed by atoms with E-state index in [-0.39, 0.29) is 24.0 Å². The highest BCUT2D eigenvalue weighted by Crippen LogP contribution is 2.25. The van der Waals surface area contributed by atoms with Gasteiger partial charge in [0.1, 0.15) is 5.75 Å². The van der Waals surface area contributed by atoms with Crippen molar-refractivity contribution in [2.24, 2.45) is 0 Å². The average Bonchev–Trinajstić information content (AvgIpc) is 2.66. The van der Waals surface area contributed by atoms with Gasteiger partial charge in [-0.1, -0.05) is 39.0 Å². The Morgan fingerprint density at radius 1 is 1.27 bits per heavy atom. The van der Waals surface area contributed by atoms with Crippen molar-refractivity contribution >= 4 is 5.91 Å². The molecule has 1 aliphatic heterocycles. The van der Waals surface area contributed by atoms with Crippen LogP contribution < -0.4 is 10.1 Å². The van der Waals surface area contributed by atoms with Crippen LogP contribution in [0.5, 0.6) is 5.75 Å². The van der Waals surface area contributed by atoms with Crippen molar-refractivity contribution in [3.05, 3.63) is 59.9 Å². The molecule has 0 saturated carbocycles. The Balaban J connectivity index is 1.63. The maximum absolute atomic E-state index is 12.7. The minimum absolute atomic E-state index is 0.000232. The fourth-order valence-corrected chi connectivity index (χ4v) is 3.15. The van der Waals surface area contributed by atoms with E-state index in [9.17, 15) is 4.79 Å². The first-order valence-electron chi connectivity index (χ1n) is 9.08. The highest BCUT2D eigenvalue weighted by molar-refractivity contribution is 5.78. The third-order valence-electron chi connectivity index (χ3n) is 4.72. The van der Waals surface area contributed by atoms with Gasteiger partial charge in [-0.3, -0.25) is 9.78 Å². The molecule has 26 heavy (non-hydrogen) atoms. The lowest BCUT2D eigenvalue weighted by atomic mass is 9.87. The lowest BCUT2D eigenvalue weighted by Gasteiger charge is -2.36. The number of ether oxygens (including phenoxy) is 1. The molecular weight excluding hydrogens is 326 g/mol. The van der Waals surface area contributed by atoms with Gasteiger partial charge in [-0.05, 0) is 34.7 Å². The predicted octanol–water partition coefficient (Wildman–Crippen LogP) is 2.93. The Bertz CT molecular complexity index is 723. The van der Waals surface area contributed by atoms with Crippen LogP contribution in [0.15, 0.2) is 48.8 Å². The number of amides is 1. The normalized spacial score (nSPS) is 17.8. The topological polar surface area (TPSA) is 54.5 Å². The van der Waals surface area contributed by atoms with Crippen LogP contribution in [0.3, 0.4) is 0 Å². The van der Waals surface area contributed by atoms with Gasteiger partial charge in [0.15, 0.2) is 6.61 Å². The minimum Gasteiger partial charge on any atom is -0.484 e. The summed E-state index contributed by atoms with van der Waals surface area (Å²) in [4.78, 5) is 18.8. The van der Waals surface area contributed by atoms with Crippen molar-refractivity contribution in [2.75, 3.05) is 26.2 Å². The molecule has 2 aromatic rings. The van der Waals surface area contributed by atoms with Crippen molar-refractivity contribution in [3.8, 4) is 5.75 Å². The molecule has 0 aliphatic carbocycles. The molecule has 1 saturated heterocycles. The maximum atomic E-state index is 12.7. The number of carbonyl (C=O) groups excluding carboxylic acids is 1. The number of pyridine rings is 1. The number of piperazine rings is 1. The molecule has 1 amide bonds. The summed E-state index contributed by atoms with van der Waals surface area (Å²) in [7, 11) is 0. The lowest BCUT2D eigenvalue weighted by Crippen LogP contribution is -2.50. The summed E-state index contributed by atoms with van der Waals surface area (Å²) < 4.78 is 5.75. The van der Waals surface area contributed by atoms with Gasteiger partial charge < -0.3 is 15.0 Å². The van der Waals surface area contributed by atoms with E-state index in [2.05, 4.69) is 43.2 Å². The number of rotatable bonds is 4.